The maximum atomic E-state index is 13.3. The minimum atomic E-state index is -0.547. The second kappa shape index (κ2) is 9.46. The Morgan fingerprint density at radius 2 is 1.87 bits per heavy atom. The van der Waals surface area contributed by atoms with Crippen LogP contribution >= 0.6 is 0 Å². The number of nitrogens with zero attached hydrogens (tertiary/aromatic N) is 6. The van der Waals surface area contributed by atoms with Crippen molar-refractivity contribution >= 4 is 40.0 Å². The Hall–Kier alpha value is -4.86. The molecule has 5 aromatic rings. The van der Waals surface area contributed by atoms with Crippen LogP contribution in [-0.2, 0) is 16.1 Å². The van der Waals surface area contributed by atoms with Crippen molar-refractivity contribution in [3.05, 3.63) is 78.0 Å². The van der Waals surface area contributed by atoms with Crippen molar-refractivity contribution in [3.63, 3.8) is 0 Å². The lowest BCUT2D eigenvalue weighted by Gasteiger charge is -2.39. The minimum Gasteiger partial charge on any atom is -0.337 e. The molecular weight excluding hydrogens is 494 g/mol. The van der Waals surface area contributed by atoms with Gasteiger partial charge >= 0.3 is 0 Å². The Kier molecular flexibility index (Phi) is 5.94. The first kappa shape index (κ1) is 24.5. The topological polar surface area (TPSA) is 114 Å². The molecule has 0 spiro atoms. The lowest BCUT2D eigenvalue weighted by atomic mass is 10.0. The molecule has 1 saturated heterocycles. The molecule has 196 valence electrons. The maximum Gasteiger partial charge on any atom is 0.248 e. The molecule has 1 unspecified atom stereocenters. The summed E-state index contributed by atoms with van der Waals surface area (Å²) in [5.41, 5.74) is 5.50. The van der Waals surface area contributed by atoms with Gasteiger partial charge in [-0.1, -0.05) is 12.1 Å². The molecule has 10 heteroatoms. The molecule has 2 amide bonds. The van der Waals surface area contributed by atoms with Gasteiger partial charge in [-0.25, -0.2) is 14.5 Å². The molecule has 1 aromatic carbocycles. The molecule has 1 atom stereocenters. The van der Waals surface area contributed by atoms with Crippen LogP contribution in [0.2, 0.25) is 0 Å². The summed E-state index contributed by atoms with van der Waals surface area (Å²) in [4.78, 5) is 49.0. The SMILES string of the molecule is CC(=O)c1cn(CC(=O)N2CCC2C(=O)Nc2cccc(C)n2)c2ccc(-c3cnc4cc(C)nn4c3)cc12. The highest BCUT2D eigenvalue weighted by Gasteiger charge is 2.37. The van der Waals surface area contributed by atoms with Gasteiger partial charge in [-0.15, -0.1) is 0 Å². The Labute approximate surface area is 224 Å². The second-order valence-corrected chi connectivity index (χ2v) is 9.93. The molecule has 1 aliphatic rings. The molecule has 0 saturated carbocycles. The Morgan fingerprint density at radius 3 is 2.62 bits per heavy atom. The van der Waals surface area contributed by atoms with Gasteiger partial charge in [-0.05, 0) is 57.0 Å². The molecule has 10 nitrogen and oxygen atoms in total. The van der Waals surface area contributed by atoms with Crippen molar-refractivity contribution in [1.82, 2.24) is 29.0 Å². The third-order valence-electron chi connectivity index (χ3n) is 7.12. The van der Waals surface area contributed by atoms with E-state index in [0.717, 1.165) is 39.1 Å². The van der Waals surface area contributed by atoms with Crippen LogP contribution in [-0.4, -0.2) is 59.2 Å². The fraction of sp³-hybridized carbons (Fsp3) is 0.241. The molecule has 5 heterocycles. The van der Waals surface area contributed by atoms with E-state index in [1.807, 2.05) is 56.4 Å². The Balaban J connectivity index is 1.25. The van der Waals surface area contributed by atoms with Crippen LogP contribution in [0.3, 0.4) is 0 Å². The van der Waals surface area contributed by atoms with Gasteiger partial charge in [0.1, 0.15) is 18.4 Å². The lowest BCUT2D eigenvalue weighted by molar-refractivity contribution is -0.145. The van der Waals surface area contributed by atoms with Crippen LogP contribution in [0.4, 0.5) is 5.82 Å². The van der Waals surface area contributed by atoms with Gasteiger partial charge < -0.3 is 14.8 Å². The number of hydrogen-bond donors (Lipinski definition) is 1. The van der Waals surface area contributed by atoms with Crippen molar-refractivity contribution in [2.45, 2.75) is 39.8 Å². The van der Waals surface area contributed by atoms with Crippen molar-refractivity contribution in [2.24, 2.45) is 0 Å². The fourth-order valence-electron chi connectivity index (χ4n) is 5.05. The standard InChI is InChI=1S/C29H27N7O3/c1-17-5-4-6-26(31-17)32-29(39)25-9-10-35(25)28(38)16-34-15-23(19(3)37)22-12-20(7-8-24(22)34)21-13-30-27-11-18(2)33-36(27)14-21/h4-8,11-15,25H,9-10,16H2,1-3H3,(H,31,32,39). The zero-order valence-corrected chi connectivity index (χ0v) is 21.9. The van der Waals surface area contributed by atoms with Gasteiger partial charge in [0.15, 0.2) is 11.4 Å². The van der Waals surface area contributed by atoms with Gasteiger partial charge in [-0.2, -0.15) is 5.10 Å². The van der Waals surface area contributed by atoms with E-state index >= 15 is 0 Å². The highest BCUT2D eigenvalue weighted by Crippen LogP contribution is 2.29. The van der Waals surface area contributed by atoms with Gasteiger partial charge in [-0.3, -0.25) is 14.4 Å². The van der Waals surface area contributed by atoms with E-state index in [4.69, 9.17) is 0 Å². The molecule has 0 radical (unpaired) electrons. The smallest absolute Gasteiger partial charge is 0.248 e. The molecule has 0 aliphatic carbocycles. The summed E-state index contributed by atoms with van der Waals surface area (Å²) in [5, 5.41) is 8.01. The molecule has 39 heavy (non-hydrogen) atoms. The number of anilines is 1. The predicted octanol–water partition coefficient (Wildman–Crippen LogP) is 3.81. The number of carbonyl (C=O) groups excluding carboxylic acids is 3. The summed E-state index contributed by atoms with van der Waals surface area (Å²) >= 11 is 0. The first-order valence-electron chi connectivity index (χ1n) is 12.8. The van der Waals surface area contributed by atoms with Crippen molar-refractivity contribution in [1.29, 1.82) is 0 Å². The number of nitrogens with one attached hydrogen (secondary N) is 1. The predicted molar refractivity (Wildman–Crippen MR) is 146 cm³/mol. The lowest BCUT2D eigenvalue weighted by Crippen LogP contribution is -2.57. The van der Waals surface area contributed by atoms with Crippen LogP contribution in [0.15, 0.2) is 61.1 Å². The number of aryl methyl sites for hydroxylation is 2. The molecule has 0 bridgehead atoms. The van der Waals surface area contributed by atoms with E-state index in [9.17, 15) is 14.4 Å². The first-order valence-corrected chi connectivity index (χ1v) is 12.8. The van der Waals surface area contributed by atoms with Crippen LogP contribution in [0, 0.1) is 13.8 Å². The number of ketones is 1. The zero-order valence-electron chi connectivity index (χ0n) is 21.9. The number of carbonyl (C=O) groups is 3. The summed E-state index contributed by atoms with van der Waals surface area (Å²) in [7, 11) is 0. The van der Waals surface area contributed by atoms with E-state index in [-0.39, 0.29) is 24.1 Å². The number of Topliss-reactive ketones (excluding diaryl/α,β-unsaturated/α-hetero) is 1. The largest absolute Gasteiger partial charge is 0.337 e. The number of rotatable bonds is 6. The van der Waals surface area contributed by atoms with E-state index in [2.05, 4.69) is 20.4 Å². The van der Waals surface area contributed by atoms with Gasteiger partial charge in [0, 0.05) is 58.9 Å². The average molecular weight is 522 g/mol. The number of hydrogen-bond acceptors (Lipinski definition) is 6. The number of pyridine rings is 1. The van der Waals surface area contributed by atoms with Crippen LogP contribution in [0.1, 0.15) is 35.1 Å². The number of likely N-dealkylation sites (tertiary alicyclic amines) is 1. The van der Waals surface area contributed by atoms with E-state index < -0.39 is 6.04 Å². The molecule has 4 aromatic heterocycles. The summed E-state index contributed by atoms with van der Waals surface area (Å²) in [6.45, 7) is 5.81. The van der Waals surface area contributed by atoms with Crippen molar-refractivity contribution < 1.29 is 14.4 Å². The normalized spacial score (nSPS) is 14.9. The van der Waals surface area contributed by atoms with Gasteiger partial charge in [0.05, 0.1) is 5.69 Å². The molecule has 1 aliphatic heterocycles. The number of fused-ring (bicyclic) bond motifs is 2. The number of benzene rings is 1. The third kappa shape index (κ3) is 4.54. The average Bonchev–Trinajstić information content (AvgIpc) is 3.41. The minimum absolute atomic E-state index is 0.0235. The summed E-state index contributed by atoms with van der Waals surface area (Å²) in [6.07, 6.45) is 6.00. The summed E-state index contributed by atoms with van der Waals surface area (Å²) < 4.78 is 3.52. The summed E-state index contributed by atoms with van der Waals surface area (Å²) in [6, 6.07) is 12.6. The third-order valence-corrected chi connectivity index (χ3v) is 7.12. The Bertz CT molecular complexity index is 1780. The fourth-order valence-corrected chi connectivity index (χ4v) is 5.05. The summed E-state index contributed by atoms with van der Waals surface area (Å²) in [5.74, 6) is -0.0587. The van der Waals surface area contributed by atoms with Crippen LogP contribution < -0.4 is 5.32 Å². The van der Waals surface area contributed by atoms with Crippen LogP contribution in [0.25, 0.3) is 27.7 Å². The first-order chi connectivity index (χ1) is 18.8. The van der Waals surface area contributed by atoms with E-state index in [1.54, 1.807) is 32.4 Å². The van der Waals surface area contributed by atoms with Gasteiger partial charge in [0.2, 0.25) is 11.8 Å². The number of aromatic nitrogens is 5. The molecule has 1 N–H and O–H groups in total. The Morgan fingerprint density at radius 1 is 1.03 bits per heavy atom. The van der Waals surface area contributed by atoms with Crippen molar-refractivity contribution in [3.8, 4) is 11.1 Å². The quantitative estimate of drug-likeness (QED) is 0.340. The number of amides is 2. The monoisotopic (exact) mass is 521 g/mol. The van der Waals surface area contributed by atoms with Crippen LogP contribution in [0.5, 0.6) is 0 Å². The molecular formula is C29H27N7O3. The molecule has 1 fully saturated rings. The second-order valence-electron chi connectivity index (χ2n) is 9.93. The highest BCUT2D eigenvalue weighted by atomic mass is 16.2. The van der Waals surface area contributed by atoms with E-state index in [1.165, 1.54) is 6.92 Å². The molecule has 6 rings (SSSR count). The highest BCUT2D eigenvalue weighted by molar-refractivity contribution is 6.08. The zero-order chi connectivity index (χ0) is 27.3. The van der Waals surface area contributed by atoms with Crippen molar-refractivity contribution in [2.75, 3.05) is 11.9 Å². The maximum absolute atomic E-state index is 13.3. The van der Waals surface area contributed by atoms with Gasteiger partial charge in [0.25, 0.3) is 0 Å². The van der Waals surface area contributed by atoms with E-state index in [0.29, 0.717) is 24.3 Å².